The standard InChI is InChI=1S/C37H53N2O2.HI/c1-4-6-7-8-9-10-11-12-13-14-15-19-29-41-36-26-20-22-33(32(36)3)31-39(35-24-17-16-18-25-35)37(40)34-23-21-28-38(30-34)27-5-2;/h16-18,20-26,28,30H,4-15,19,27,29,31H2,1-3H3;1H/q+1;/p-1. The van der Waals surface area contributed by atoms with Gasteiger partial charge < -0.3 is 33.6 Å². The van der Waals surface area contributed by atoms with Crippen LogP contribution in [0.3, 0.4) is 0 Å². The van der Waals surface area contributed by atoms with E-state index in [4.69, 9.17) is 4.74 Å². The number of nitrogens with zero attached hydrogens (tertiary/aromatic N) is 2. The number of carbonyl (C=O) groups is 1. The number of benzene rings is 2. The average molecular weight is 685 g/mol. The summed E-state index contributed by atoms with van der Waals surface area (Å²) < 4.78 is 8.33. The number of carbonyl (C=O) groups excluding carboxylic acids is 1. The van der Waals surface area contributed by atoms with Gasteiger partial charge in [-0.25, -0.2) is 4.57 Å². The first-order chi connectivity index (χ1) is 20.1. The Morgan fingerprint density at radius 2 is 1.38 bits per heavy atom. The number of para-hydroxylation sites is 1. The third-order valence-electron chi connectivity index (χ3n) is 7.88. The maximum absolute atomic E-state index is 13.8. The first kappa shape index (κ1) is 35.8. The molecule has 0 saturated heterocycles. The van der Waals surface area contributed by atoms with Gasteiger partial charge in [-0.2, -0.15) is 0 Å². The Morgan fingerprint density at radius 1 is 0.738 bits per heavy atom. The number of aryl methyl sites for hydroxylation is 1. The highest BCUT2D eigenvalue weighted by Gasteiger charge is 2.22. The first-order valence-electron chi connectivity index (χ1n) is 16.2. The molecule has 0 aliphatic rings. The van der Waals surface area contributed by atoms with Crippen LogP contribution in [0, 0.1) is 6.92 Å². The minimum atomic E-state index is 0. The van der Waals surface area contributed by atoms with Gasteiger partial charge in [0, 0.05) is 18.2 Å². The van der Waals surface area contributed by atoms with E-state index in [1.165, 1.54) is 70.6 Å². The fourth-order valence-corrected chi connectivity index (χ4v) is 5.37. The van der Waals surface area contributed by atoms with Crippen molar-refractivity contribution < 1.29 is 38.1 Å². The average Bonchev–Trinajstić information content (AvgIpc) is 3.00. The molecule has 0 atom stereocenters. The van der Waals surface area contributed by atoms with Crippen LogP contribution in [-0.2, 0) is 13.1 Å². The first-order valence-corrected chi connectivity index (χ1v) is 16.2. The maximum atomic E-state index is 13.8. The van der Waals surface area contributed by atoms with Crippen LogP contribution in [0.5, 0.6) is 5.75 Å². The quantitative estimate of drug-likeness (QED) is 0.0762. The molecular formula is C37H53IN2O2. The maximum Gasteiger partial charge on any atom is 0.264 e. The van der Waals surface area contributed by atoms with Crippen LogP contribution in [0.1, 0.15) is 119 Å². The Kier molecular flexibility index (Phi) is 18.2. The Labute approximate surface area is 272 Å². The van der Waals surface area contributed by atoms with E-state index < -0.39 is 0 Å². The van der Waals surface area contributed by atoms with Crippen LogP contribution < -0.4 is 38.2 Å². The third kappa shape index (κ3) is 12.4. The highest BCUT2D eigenvalue weighted by atomic mass is 127. The van der Waals surface area contributed by atoms with Gasteiger partial charge >= 0.3 is 0 Å². The van der Waals surface area contributed by atoms with Crippen LogP contribution in [0.25, 0.3) is 0 Å². The summed E-state index contributed by atoms with van der Waals surface area (Å²) in [6.45, 7) is 8.66. The topological polar surface area (TPSA) is 33.4 Å². The van der Waals surface area contributed by atoms with Crippen molar-refractivity contribution in [2.24, 2.45) is 0 Å². The van der Waals surface area contributed by atoms with Crippen LogP contribution in [-0.4, -0.2) is 12.5 Å². The molecule has 0 spiro atoms. The van der Waals surface area contributed by atoms with Gasteiger partial charge in [-0.3, -0.25) is 4.79 Å². The number of anilines is 1. The molecule has 1 amide bonds. The highest BCUT2D eigenvalue weighted by Crippen LogP contribution is 2.26. The monoisotopic (exact) mass is 684 g/mol. The Morgan fingerprint density at radius 3 is 2.02 bits per heavy atom. The van der Waals surface area contributed by atoms with Gasteiger partial charge in [-0.1, -0.05) is 115 Å². The molecule has 0 bridgehead atoms. The SMILES string of the molecule is CCCCCCCCCCCCCCOc1cccc(CN(C(=O)c2ccc[n+](CCC)c2)c2ccccc2)c1C.[I-]. The number of amides is 1. The molecule has 0 fully saturated rings. The van der Waals surface area contributed by atoms with Crippen LogP contribution in [0.4, 0.5) is 5.69 Å². The number of rotatable bonds is 20. The number of ether oxygens (including phenoxy) is 1. The van der Waals surface area contributed by atoms with E-state index >= 15 is 0 Å². The van der Waals surface area contributed by atoms with Gasteiger partial charge in [0.1, 0.15) is 17.9 Å². The lowest BCUT2D eigenvalue weighted by Crippen LogP contribution is -3.00. The van der Waals surface area contributed by atoms with Gasteiger partial charge in [-0.05, 0) is 48.7 Å². The number of hydrogen-bond acceptors (Lipinski definition) is 2. The van der Waals surface area contributed by atoms with Crippen molar-refractivity contribution in [2.45, 2.75) is 117 Å². The molecule has 1 aromatic heterocycles. The number of unbranched alkanes of at least 4 members (excludes halogenated alkanes) is 11. The molecule has 1 heterocycles. The van der Waals surface area contributed by atoms with Crippen LogP contribution in [0.2, 0.25) is 0 Å². The van der Waals surface area contributed by atoms with Crippen LogP contribution >= 0.6 is 0 Å². The molecule has 2 aromatic carbocycles. The second kappa shape index (κ2) is 21.3. The van der Waals surface area contributed by atoms with Crippen molar-refractivity contribution in [1.82, 2.24) is 0 Å². The Hall–Kier alpha value is -2.41. The van der Waals surface area contributed by atoms with Crippen molar-refractivity contribution >= 4 is 11.6 Å². The number of aromatic nitrogens is 1. The lowest BCUT2D eigenvalue weighted by Gasteiger charge is -2.24. The molecule has 3 rings (SSSR count). The predicted molar refractivity (Wildman–Crippen MR) is 172 cm³/mol. The van der Waals surface area contributed by atoms with Crippen molar-refractivity contribution in [3.8, 4) is 5.75 Å². The highest BCUT2D eigenvalue weighted by molar-refractivity contribution is 6.05. The molecular weight excluding hydrogens is 631 g/mol. The minimum Gasteiger partial charge on any atom is -1.00 e. The fraction of sp³-hybridized carbons (Fsp3) is 0.514. The van der Waals surface area contributed by atoms with Gasteiger partial charge in [-0.15, -0.1) is 0 Å². The minimum absolute atomic E-state index is 0. The summed E-state index contributed by atoms with van der Waals surface area (Å²) >= 11 is 0. The molecule has 5 heteroatoms. The molecule has 0 aliphatic heterocycles. The molecule has 0 saturated carbocycles. The van der Waals surface area contributed by atoms with Gasteiger partial charge in [0.2, 0.25) is 0 Å². The third-order valence-corrected chi connectivity index (χ3v) is 7.88. The van der Waals surface area contributed by atoms with E-state index in [0.29, 0.717) is 12.1 Å². The zero-order valence-electron chi connectivity index (χ0n) is 26.3. The summed E-state index contributed by atoms with van der Waals surface area (Å²) in [6, 6.07) is 20.0. The molecule has 0 radical (unpaired) electrons. The number of pyridine rings is 1. The summed E-state index contributed by atoms with van der Waals surface area (Å²) in [6.07, 6.45) is 21.1. The van der Waals surface area contributed by atoms with Crippen molar-refractivity contribution in [3.63, 3.8) is 0 Å². The second-order valence-corrected chi connectivity index (χ2v) is 11.3. The zero-order valence-corrected chi connectivity index (χ0v) is 28.5. The predicted octanol–water partition coefficient (Wildman–Crippen LogP) is 6.62. The summed E-state index contributed by atoms with van der Waals surface area (Å²) in [5, 5.41) is 0. The summed E-state index contributed by atoms with van der Waals surface area (Å²) in [7, 11) is 0. The lowest BCUT2D eigenvalue weighted by molar-refractivity contribution is -0.697. The van der Waals surface area contributed by atoms with E-state index in [1.807, 2.05) is 65.8 Å². The second-order valence-electron chi connectivity index (χ2n) is 11.3. The summed E-state index contributed by atoms with van der Waals surface area (Å²) in [5.74, 6) is 0.926. The molecule has 42 heavy (non-hydrogen) atoms. The smallest absolute Gasteiger partial charge is 0.264 e. The normalized spacial score (nSPS) is 10.7. The van der Waals surface area contributed by atoms with Crippen LogP contribution in [0.15, 0.2) is 73.1 Å². The van der Waals surface area contributed by atoms with Gasteiger partial charge in [0.25, 0.3) is 5.91 Å². The van der Waals surface area contributed by atoms with E-state index in [9.17, 15) is 4.79 Å². The van der Waals surface area contributed by atoms with E-state index in [0.717, 1.165) is 48.6 Å². The van der Waals surface area contributed by atoms with E-state index in [-0.39, 0.29) is 29.9 Å². The molecule has 3 aromatic rings. The molecule has 0 aliphatic carbocycles. The Balaban J connectivity index is 0.00000616. The van der Waals surface area contributed by atoms with Gasteiger partial charge in [0.05, 0.1) is 13.2 Å². The Bertz CT molecular complexity index is 1150. The summed E-state index contributed by atoms with van der Waals surface area (Å²) in [4.78, 5) is 15.7. The zero-order chi connectivity index (χ0) is 29.1. The molecule has 230 valence electrons. The van der Waals surface area contributed by atoms with Crippen molar-refractivity contribution in [1.29, 1.82) is 0 Å². The van der Waals surface area contributed by atoms with Crippen molar-refractivity contribution in [2.75, 3.05) is 11.5 Å². The van der Waals surface area contributed by atoms with E-state index in [2.05, 4.69) is 37.5 Å². The van der Waals surface area contributed by atoms with E-state index in [1.54, 1.807) is 0 Å². The van der Waals surface area contributed by atoms with Gasteiger partial charge in [0.15, 0.2) is 12.4 Å². The molecule has 0 N–H and O–H groups in total. The molecule has 0 unspecified atom stereocenters. The largest absolute Gasteiger partial charge is 1.00 e. The number of hydrogen-bond donors (Lipinski definition) is 0. The lowest BCUT2D eigenvalue weighted by atomic mass is 10.1. The fourth-order valence-electron chi connectivity index (χ4n) is 5.37. The van der Waals surface area contributed by atoms with Crippen molar-refractivity contribution in [3.05, 3.63) is 89.7 Å². The molecule has 4 nitrogen and oxygen atoms in total. The summed E-state index contributed by atoms with van der Waals surface area (Å²) in [5.41, 5.74) is 3.80. The number of halogens is 1.